The number of carbonyl (C=O) groups excluding carboxylic acids is 1. The van der Waals surface area contributed by atoms with Gasteiger partial charge in [0.25, 0.3) is 0 Å². The van der Waals surface area contributed by atoms with Gasteiger partial charge >= 0.3 is 6.03 Å². The second-order valence-corrected chi connectivity index (χ2v) is 8.54. The summed E-state index contributed by atoms with van der Waals surface area (Å²) in [7, 11) is 0. The number of piperidine rings is 1. The molecule has 2 saturated heterocycles. The van der Waals surface area contributed by atoms with Gasteiger partial charge in [0.2, 0.25) is 0 Å². The number of thioether (sulfide) groups is 1. The highest BCUT2D eigenvalue weighted by Gasteiger charge is 2.41. The number of morpholine rings is 1. The number of amides is 2. The fourth-order valence-corrected chi connectivity index (χ4v) is 5.07. The van der Waals surface area contributed by atoms with Crippen molar-refractivity contribution in [2.24, 2.45) is 5.41 Å². The van der Waals surface area contributed by atoms with E-state index in [4.69, 9.17) is 4.74 Å². The Labute approximate surface area is 150 Å². The Bertz CT molecular complexity index is 411. The number of urea groups is 1. The van der Waals surface area contributed by atoms with Gasteiger partial charge in [-0.1, -0.05) is 0 Å². The Balaban J connectivity index is 1.44. The summed E-state index contributed by atoms with van der Waals surface area (Å²) < 4.78 is 5.44. The molecule has 1 unspecified atom stereocenters. The second-order valence-electron chi connectivity index (χ2n) is 7.67. The molecule has 1 aliphatic carbocycles. The number of rotatable bonds is 7. The van der Waals surface area contributed by atoms with Crippen LogP contribution in [0, 0.1) is 5.41 Å². The molecule has 0 aromatic rings. The number of ether oxygens (including phenoxy) is 1. The van der Waals surface area contributed by atoms with Crippen LogP contribution in [0.4, 0.5) is 4.79 Å². The maximum Gasteiger partial charge on any atom is 0.317 e. The lowest BCUT2D eigenvalue weighted by Crippen LogP contribution is -2.54. The fourth-order valence-electron chi connectivity index (χ4n) is 4.03. The fraction of sp³-hybridized carbons (Fsp3) is 0.944. The second kappa shape index (κ2) is 8.77. The van der Waals surface area contributed by atoms with E-state index in [1.807, 2.05) is 11.8 Å². The topological polar surface area (TPSA) is 44.8 Å². The van der Waals surface area contributed by atoms with Crippen molar-refractivity contribution in [3.63, 3.8) is 0 Å². The Morgan fingerprint density at radius 1 is 1.25 bits per heavy atom. The van der Waals surface area contributed by atoms with Crippen LogP contribution in [0.15, 0.2) is 0 Å². The van der Waals surface area contributed by atoms with Crippen molar-refractivity contribution >= 4 is 17.8 Å². The Hall–Kier alpha value is -0.460. The van der Waals surface area contributed by atoms with Crippen molar-refractivity contribution < 1.29 is 9.53 Å². The van der Waals surface area contributed by atoms with Gasteiger partial charge in [0.1, 0.15) is 0 Å². The number of nitrogens with one attached hydrogen (secondary N) is 1. The van der Waals surface area contributed by atoms with Gasteiger partial charge in [-0.05, 0) is 55.9 Å². The third-order valence-electron chi connectivity index (χ3n) is 5.80. The number of nitrogens with zero attached hydrogens (tertiary/aromatic N) is 2. The largest absolute Gasteiger partial charge is 0.379 e. The lowest BCUT2D eigenvalue weighted by Gasteiger charge is -2.39. The molecule has 5 nitrogen and oxygen atoms in total. The number of carbonyl (C=O) groups is 1. The SMILES string of the molecule is CSCC1(CCNC(=O)N2CCCCC2CN2CCOCC2)CC1. The first kappa shape index (κ1) is 18.3. The molecule has 3 rings (SSSR count). The Morgan fingerprint density at radius 3 is 2.75 bits per heavy atom. The molecule has 0 radical (unpaired) electrons. The summed E-state index contributed by atoms with van der Waals surface area (Å²) in [4.78, 5) is 17.2. The zero-order chi connectivity index (χ0) is 16.8. The van der Waals surface area contributed by atoms with E-state index in [0.29, 0.717) is 11.5 Å². The molecule has 3 fully saturated rings. The molecule has 0 spiro atoms. The monoisotopic (exact) mass is 355 g/mol. The van der Waals surface area contributed by atoms with E-state index in [-0.39, 0.29) is 6.03 Å². The standard InChI is InChI=1S/C18H33N3O2S/c1-24-15-18(5-6-18)7-8-19-17(22)21-9-3-2-4-16(21)14-20-10-12-23-13-11-20/h16H,2-15H2,1H3,(H,19,22). The smallest absolute Gasteiger partial charge is 0.317 e. The lowest BCUT2D eigenvalue weighted by atomic mass is 10.0. The van der Waals surface area contributed by atoms with Gasteiger partial charge in [-0.25, -0.2) is 4.79 Å². The first-order valence-electron chi connectivity index (χ1n) is 9.56. The van der Waals surface area contributed by atoms with Crippen LogP contribution >= 0.6 is 11.8 Å². The van der Waals surface area contributed by atoms with Gasteiger partial charge in [-0.3, -0.25) is 4.90 Å². The molecule has 1 saturated carbocycles. The summed E-state index contributed by atoms with van der Waals surface area (Å²) in [6, 6.07) is 0.533. The minimum Gasteiger partial charge on any atom is -0.379 e. The molecule has 6 heteroatoms. The van der Waals surface area contributed by atoms with Gasteiger partial charge in [0.05, 0.1) is 13.2 Å². The lowest BCUT2D eigenvalue weighted by molar-refractivity contribution is 0.0221. The highest BCUT2D eigenvalue weighted by atomic mass is 32.2. The van der Waals surface area contributed by atoms with Crippen LogP contribution in [0.1, 0.15) is 38.5 Å². The molecule has 138 valence electrons. The van der Waals surface area contributed by atoms with Crippen LogP contribution in [0.25, 0.3) is 0 Å². The quantitative estimate of drug-likeness (QED) is 0.762. The van der Waals surface area contributed by atoms with E-state index < -0.39 is 0 Å². The molecule has 24 heavy (non-hydrogen) atoms. The molecule has 0 aromatic carbocycles. The van der Waals surface area contributed by atoms with Crippen LogP contribution in [0.5, 0.6) is 0 Å². The molecule has 1 atom stereocenters. The van der Waals surface area contributed by atoms with Crippen LogP contribution in [-0.4, -0.2) is 79.8 Å². The molecular formula is C18H33N3O2S. The van der Waals surface area contributed by atoms with Crippen molar-refractivity contribution in [3.8, 4) is 0 Å². The zero-order valence-electron chi connectivity index (χ0n) is 15.1. The molecule has 2 amide bonds. The van der Waals surface area contributed by atoms with Crippen molar-refractivity contribution in [3.05, 3.63) is 0 Å². The van der Waals surface area contributed by atoms with Gasteiger partial charge in [-0.2, -0.15) is 11.8 Å². The first-order valence-corrected chi connectivity index (χ1v) is 11.0. The molecule has 0 bridgehead atoms. The van der Waals surface area contributed by atoms with Crippen molar-refractivity contribution in [1.82, 2.24) is 15.1 Å². The molecule has 1 N–H and O–H groups in total. The highest BCUT2D eigenvalue weighted by molar-refractivity contribution is 7.98. The van der Waals surface area contributed by atoms with Gasteiger partial charge < -0.3 is 15.0 Å². The summed E-state index contributed by atoms with van der Waals surface area (Å²) in [5.74, 6) is 1.24. The number of hydrogen-bond acceptors (Lipinski definition) is 4. The molecule has 3 aliphatic rings. The van der Waals surface area contributed by atoms with Crippen LogP contribution in [0.2, 0.25) is 0 Å². The maximum absolute atomic E-state index is 12.7. The van der Waals surface area contributed by atoms with Gasteiger partial charge in [0, 0.05) is 38.8 Å². The van der Waals surface area contributed by atoms with E-state index in [0.717, 1.165) is 65.2 Å². The van der Waals surface area contributed by atoms with Crippen molar-refractivity contribution in [1.29, 1.82) is 0 Å². The van der Waals surface area contributed by atoms with Gasteiger partial charge in [-0.15, -0.1) is 0 Å². The van der Waals surface area contributed by atoms with E-state index >= 15 is 0 Å². The number of hydrogen-bond donors (Lipinski definition) is 1. The number of likely N-dealkylation sites (tertiary alicyclic amines) is 1. The third kappa shape index (κ3) is 5.02. The Kier molecular flexibility index (Phi) is 6.70. The first-order chi connectivity index (χ1) is 11.7. The molecular weight excluding hydrogens is 322 g/mol. The van der Waals surface area contributed by atoms with Crippen LogP contribution in [-0.2, 0) is 4.74 Å². The minimum absolute atomic E-state index is 0.160. The average Bonchev–Trinajstić information content (AvgIpc) is 3.36. The summed E-state index contributed by atoms with van der Waals surface area (Å²) in [5.41, 5.74) is 0.530. The maximum atomic E-state index is 12.7. The normalized spacial score (nSPS) is 27.0. The van der Waals surface area contributed by atoms with Crippen molar-refractivity contribution in [2.75, 3.05) is 57.9 Å². The molecule has 0 aromatic heterocycles. The Morgan fingerprint density at radius 2 is 2.04 bits per heavy atom. The van der Waals surface area contributed by atoms with Crippen molar-refractivity contribution in [2.45, 2.75) is 44.6 Å². The predicted octanol–water partition coefficient (Wildman–Crippen LogP) is 2.42. The third-order valence-corrected chi connectivity index (χ3v) is 6.70. The minimum atomic E-state index is 0.160. The summed E-state index contributed by atoms with van der Waals surface area (Å²) in [6.45, 7) is 6.42. The van der Waals surface area contributed by atoms with Gasteiger partial charge in [0.15, 0.2) is 0 Å². The van der Waals surface area contributed by atoms with E-state index in [1.165, 1.54) is 25.0 Å². The summed E-state index contributed by atoms with van der Waals surface area (Å²) in [6.07, 6.45) is 9.53. The van der Waals surface area contributed by atoms with E-state index in [2.05, 4.69) is 21.4 Å². The highest BCUT2D eigenvalue weighted by Crippen LogP contribution is 2.50. The van der Waals surface area contributed by atoms with E-state index in [1.54, 1.807) is 0 Å². The molecule has 2 heterocycles. The summed E-state index contributed by atoms with van der Waals surface area (Å²) in [5, 5.41) is 3.21. The molecule has 2 aliphatic heterocycles. The predicted molar refractivity (Wildman–Crippen MR) is 99.7 cm³/mol. The van der Waals surface area contributed by atoms with Crippen LogP contribution in [0.3, 0.4) is 0 Å². The van der Waals surface area contributed by atoms with Crippen LogP contribution < -0.4 is 5.32 Å². The van der Waals surface area contributed by atoms with E-state index in [9.17, 15) is 4.79 Å². The zero-order valence-corrected chi connectivity index (χ0v) is 15.9. The average molecular weight is 356 g/mol. The summed E-state index contributed by atoms with van der Waals surface area (Å²) >= 11 is 1.94.